The maximum atomic E-state index is 14.8. The molecule has 170 valence electrons. The Morgan fingerprint density at radius 2 is 1.06 bits per heavy atom. The maximum Gasteiger partial charge on any atom is 0.494 e. The molecule has 3 aromatic carbocycles. The molecule has 5 rings (SSSR count). The number of aromatic nitrogens is 3. The third-order valence-electron chi connectivity index (χ3n) is 6.40. The van der Waals surface area contributed by atoms with Gasteiger partial charge in [0.1, 0.15) is 5.82 Å². The monoisotopic (exact) mass is 453 g/mol. The van der Waals surface area contributed by atoms with Gasteiger partial charge in [-0.3, -0.25) is 0 Å². The van der Waals surface area contributed by atoms with E-state index in [0.29, 0.717) is 28.5 Å². The zero-order valence-corrected chi connectivity index (χ0v) is 19.6. The Labute approximate surface area is 199 Å². The van der Waals surface area contributed by atoms with Crippen LogP contribution in [0.1, 0.15) is 27.7 Å². The van der Waals surface area contributed by atoms with Crippen molar-refractivity contribution in [3.63, 3.8) is 0 Å². The number of nitrogens with zero attached hydrogens (tertiary/aromatic N) is 3. The fraction of sp³-hybridized carbons (Fsp3) is 0.222. The summed E-state index contributed by atoms with van der Waals surface area (Å²) in [6, 6.07) is 24.0. The standard InChI is InChI=1S/C27H25BFN3O2/c1-26(2)27(3,4)34-28(33-26)21-15-20(16-22(29)17-21)25-31-23(18-11-7-5-8-12-18)30-24(32-25)19-13-9-6-10-14-19/h5-17H,1-4H3. The molecule has 0 spiro atoms. The molecule has 1 aliphatic rings. The van der Waals surface area contributed by atoms with Crippen molar-refractivity contribution in [2.24, 2.45) is 0 Å². The van der Waals surface area contributed by atoms with Crippen LogP contribution in [0.3, 0.4) is 0 Å². The highest BCUT2D eigenvalue weighted by molar-refractivity contribution is 6.62. The van der Waals surface area contributed by atoms with Crippen molar-refractivity contribution in [1.82, 2.24) is 15.0 Å². The molecule has 1 aliphatic heterocycles. The van der Waals surface area contributed by atoms with Gasteiger partial charge in [-0.05, 0) is 45.3 Å². The first-order chi connectivity index (χ1) is 16.2. The largest absolute Gasteiger partial charge is 0.494 e. The van der Waals surface area contributed by atoms with Crippen LogP contribution < -0.4 is 5.46 Å². The van der Waals surface area contributed by atoms with Gasteiger partial charge < -0.3 is 9.31 Å². The summed E-state index contributed by atoms with van der Waals surface area (Å²) in [6.45, 7) is 7.88. The Bertz CT molecular complexity index is 1260. The Morgan fingerprint density at radius 1 is 0.618 bits per heavy atom. The fourth-order valence-electron chi connectivity index (χ4n) is 3.79. The van der Waals surface area contributed by atoms with Crippen LogP contribution in [0.4, 0.5) is 4.39 Å². The van der Waals surface area contributed by atoms with E-state index in [9.17, 15) is 4.39 Å². The van der Waals surface area contributed by atoms with Crippen molar-refractivity contribution in [1.29, 1.82) is 0 Å². The van der Waals surface area contributed by atoms with Gasteiger partial charge in [0.25, 0.3) is 0 Å². The molecule has 2 heterocycles. The van der Waals surface area contributed by atoms with Crippen molar-refractivity contribution in [2.75, 3.05) is 0 Å². The molecular formula is C27H25BFN3O2. The third-order valence-corrected chi connectivity index (χ3v) is 6.40. The maximum absolute atomic E-state index is 14.8. The molecule has 34 heavy (non-hydrogen) atoms. The van der Waals surface area contributed by atoms with E-state index in [4.69, 9.17) is 24.3 Å². The van der Waals surface area contributed by atoms with E-state index in [1.807, 2.05) is 94.4 Å². The highest BCUT2D eigenvalue weighted by atomic mass is 19.1. The molecule has 4 aromatic rings. The van der Waals surface area contributed by atoms with E-state index in [0.717, 1.165) is 11.1 Å². The van der Waals surface area contributed by atoms with Gasteiger partial charge in [0, 0.05) is 16.7 Å². The predicted octanol–water partition coefficient (Wildman–Crippen LogP) is 5.31. The molecule has 0 aliphatic carbocycles. The van der Waals surface area contributed by atoms with E-state index in [1.54, 1.807) is 0 Å². The van der Waals surface area contributed by atoms with Gasteiger partial charge in [-0.25, -0.2) is 19.3 Å². The van der Waals surface area contributed by atoms with Crippen molar-refractivity contribution >= 4 is 12.6 Å². The smallest absolute Gasteiger partial charge is 0.399 e. The molecule has 1 fully saturated rings. The SMILES string of the molecule is CC1(C)OB(c2cc(F)cc(-c3nc(-c4ccccc4)nc(-c4ccccc4)n3)c2)OC1(C)C. The first-order valence-electron chi connectivity index (χ1n) is 11.3. The van der Waals surface area contributed by atoms with Crippen LogP contribution in [-0.2, 0) is 9.31 Å². The predicted molar refractivity (Wildman–Crippen MR) is 132 cm³/mol. The van der Waals surface area contributed by atoms with Crippen LogP contribution in [0.2, 0.25) is 0 Å². The minimum atomic E-state index is -0.691. The van der Waals surface area contributed by atoms with E-state index >= 15 is 0 Å². The number of rotatable bonds is 4. The van der Waals surface area contributed by atoms with E-state index < -0.39 is 24.1 Å². The summed E-state index contributed by atoms with van der Waals surface area (Å²) in [6.07, 6.45) is 0. The highest BCUT2D eigenvalue weighted by Gasteiger charge is 2.51. The number of halogens is 1. The average Bonchev–Trinajstić information content (AvgIpc) is 3.06. The van der Waals surface area contributed by atoms with Gasteiger partial charge in [-0.15, -0.1) is 0 Å². The first kappa shape index (κ1) is 22.4. The van der Waals surface area contributed by atoms with Gasteiger partial charge in [0.2, 0.25) is 0 Å². The summed E-state index contributed by atoms with van der Waals surface area (Å²) in [5, 5.41) is 0. The summed E-state index contributed by atoms with van der Waals surface area (Å²) in [4.78, 5) is 14.1. The minimum absolute atomic E-state index is 0.380. The Morgan fingerprint density at radius 3 is 1.53 bits per heavy atom. The second-order valence-corrected chi connectivity index (χ2v) is 9.40. The summed E-state index contributed by atoms with van der Waals surface area (Å²) in [5.41, 5.74) is 1.76. The lowest BCUT2D eigenvalue weighted by atomic mass is 9.78. The molecule has 0 unspecified atom stereocenters. The Balaban J connectivity index is 1.62. The molecule has 0 amide bonds. The van der Waals surface area contributed by atoms with Crippen molar-refractivity contribution in [2.45, 2.75) is 38.9 Å². The molecule has 0 bridgehead atoms. The normalized spacial score (nSPS) is 16.6. The van der Waals surface area contributed by atoms with Gasteiger partial charge in [-0.2, -0.15) is 0 Å². The molecule has 0 N–H and O–H groups in total. The quantitative estimate of drug-likeness (QED) is 0.392. The molecule has 7 heteroatoms. The Hall–Kier alpha value is -3.42. The van der Waals surface area contributed by atoms with Crippen LogP contribution in [0.25, 0.3) is 34.2 Å². The molecule has 5 nitrogen and oxygen atoms in total. The van der Waals surface area contributed by atoms with E-state index in [1.165, 1.54) is 12.1 Å². The summed E-state index contributed by atoms with van der Waals surface area (Å²) in [7, 11) is -0.691. The van der Waals surface area contributed by atoms with Crippen LogP contribution in [-0.4, -0.2) is 33.3 Å². The van der Waals surface area contributed by atoms with Crippen LogP contribution >= 0.6 is 0 Å². The van der Waals surface area contributed by atoms with Crippen molar-refractivity contribution < 1.29 is 13.7 Å². The summed E-state index contributed by atoms with van der Waals surface area (Å²) >= 11 is 0. The van der Waals surface area contributed by atoms with Crippen LogP contribution in [0.15, 0.2) is 78.9 Å². The average molecular weight is 453 g/mol. The van der Waals surface area contributed by atoms with Crippen molar-refractivity contribution in [3.8, 4) is 34.2 Å². The van der Waals surface area contributed by atoms with Crippen LogP contribution in [0.5, 0.6) is 0 Å². The molecule has 0 saturated carbocycles. The molecule has 0 radical (unpaired) electrons. The summed E-state index contributed by atoms with van der Waals surface area (Å²) in [5.74, 6) is 1.01. The van der Waals surface area contributed by atoms with Gasteiger partial charge >= 0.3 is 7.12 Å². The van der Waals surface area contributed by atoms with E-state index in [-0.39, 0.29) is 0 Å². The molecule has 0 atom stereocenters. The van der Waals surface area contributed by atoms with Gasteiger partial charge in [0.15, 0.2) is 17.5 Å². The minimum Gasteiger partial charge on any atom is -0.399 e. The fourth-order valence-corrected chi connectivity index (χ4v) is 3.79. The molecule has 1 saturated heterocycles. The Kier molecular flexibility index (Phi) is 5.54. The van der Waals surface area contributed by atoms with Gasteiger partial charge in [0.05, 0.1) is 11.2 Å². The first-order valence-corrected chi connectivity index (χ1v) is 11.3. The van der Waals surface area contributed by atoms with E-state index in [2.05, 4.69) is 0 Å². The molecular weight excluding hydrogens is 428 g/mol. The van der Waals surface area contributed by atoms with Crippen LogP contribution in [0, 0.1) is 5.82 Å². The lowest BCUT2D eigenvalue weighted by Gasteiger charge is -2.32. The third kappa shape index (κ3) is 4.24. The number of hydrogen-bond donors (Lipinski definition) is 0. The zero-order chi connectivity index (χ0) is 23.9. The topological polar surface area (TPSA) is 57.1 Å². The second kappa shape index (κ2) is 8.42. The molecule has 1 aromatic heterocycles. The lowest BCUT2D eigenvalue weighted by Crippen LogP contribution is -2.41. The second-order valence-electron chi connectivity index (χ2n) is 9.40. The van der Waals surface area contributed by atoms with Gasteiger partial charge in [-0.1, -0.05) is 66.7 Å². The number of hydrogen-bond acceptors (Lipinski definition) is 5. The van der Waals surface area contributed by atoms with Crippen molar-refractivity contribution in [3.05, 3.63) is 84.7 Å². The summed E-state index contributed by atoms with van der Waals surface area (Å²) < 4.78 is 27.1. The zero-order valence-electron chi connectivity index (χ0n) is 19.6. The lowest BCUT2D eigenvalue weighted by molar-refractivity contribution is 0.00578. The highest BCUT2D eigenvalue weighted by Crippen LogP contribution is 2.36. The number of benzene rings is 3.